The zero-order chi connectivity index (χ0) is 15.9. The van der Waals surface area contributed by atoms with Crippen LogP contribution in [0.2, 0.25) is 0 Å². The summed E-state index contributed by atoms with van der Waals surface area (Å²) in [6.07, 6.45) is 2.83. The molecule has 0 atom stereocenters. The number of nitrogens with zero attached hydrogens (tertiary/aromatic N) is 2. The highest BCUT2D eigenvalue weighted by atomic mass is 32.1. The van der Waals surface area contributed by atoms with Crippen LogP contribution in [0.3, 0.4) is 0 Å². The molecule has 116 valence electrons. The first kappa shape index (κ1) is 13.7. The standard InChI is InChI=1S/C20H14N2OS/c1-2-16(13-3-5-17-19(11-13)24-12-22-17)20(21-8-1)15-4-6-18-14(10-15)7-9-23-18/h1-6,8,10-12H,7,9H2. The lowest BCUT2D eigenvalue weighted by Crippen LogP contribution is -1.90. The molecule has 0 saturated heterocycles. The van der Waals surface area contributed by atoms with Crippen LogP contribution in [-0.4, -0.2) is 16.6 Å². The monoisotopic (exact) mass is 330 g/mol. The van der Waals surface area contributed by atoms with Gasteiger partial charge in [0.1, 0.15) is 5.75 Å². The van der Waals surface area contributed by atoms with E-state index in [1.807, 2.05) is 17.8 Å². The number of fused-ring (bicyclic) bond motifs is 2. The molecule has 3 nitrogen and oxygen atoms in total. The average molecular weight is 330 g/mol. The Morgan fingerprint density at radius 2 is 1.92 bits per heavy atom. The normalized spacial score (nSPS) is 13.0. The summed E-state index contributed by atoms with van der Waals surface area (Å²) >= 11 is 1.67. The van der Waals surface area contributed by atoms with Crippen LogP contribution in [0, 0.1) is 0 Å². The van der Waals surface area contributed by atoms with E-state index < -0.39 is 0 Å². The molecular weight excluding hydrogens is 316 g/mol. The third-order valence-corrected chi connectivity index (χ3v) is 5.20. The van der Waals surface area contributed by atoms with Crippen molar-refractivity contribution in [3.63, 3.8) is 0 Å². The SMILES string of the molecule is c1cnc(-c2ccc3c(c2)CCO3)c(-c2ccc3ncsc3c2)c1. The first-order valence-corrected chi connectivity index (χ1v) is 8.81. The van der Waals surface area contributed by atoms with Crippen LogP contribution in [0.1, 0.15) is 5.56 Å². The Morgan fingerprint density at radius 1 is 0.958 bits per heavy atom. The third kappa shape index (κ3) is 2.19. The molecule has 4 aromatic rings. The van der Waals surface area contributed by atoms with Crippen LogP contribution in [0.25, 0.3) is 32.6 Å². The molecular formula is C20H14N2OS. The minimum atomic E-state index is 0.774. The van der Waals surface area contributed by atoms with Crippen LogP contribution in [-0.2, 0) is 6.42 Å². The largest absolute Gasteiger partial charge is 0.493 e. The van der Waals surface area contributed by atoms with E-state index in [0.717, 1.165) is 41.1 Å². The molecule has 0 unspecified atom stereocenters. The van der Waals surface area contributed by atoms with Gasteiger partial charge in [0, 0.05) is 23.7 Å². The van der Waals surface area contributed by atoms with Gasteiger partial charge in [0.2, 0.25) is 0 Å². The van der Waals surface area contributed by atoms with E-state index in [1.54, 1.807) is 11.3 Å². The summed E-state index contributed by atoms with van der Waals surface area (Å²) in [5, 5.41) is 0. The third-order valence-electron chi connectivity index (χ3n) is 4.41. The molecule has 3 heterocycles. The van der Waals surface area contributed by atoms with Gasteiger partial charge in [-0.25, -0.2) is 4.98 Å². The van der Waals surface area contributed by atoms with Gasteiger partial charge in [-0.1, -0.05) is 12.1 Å². The molecule has 5 rings (SSSR count). The summed E-state index contributed by atoms with van der Waals surface area (Å²) in [5.41, 5.74) is 8.67. The highest BCUT2D eigenvalue weighted by Crippen LogP contribution is 2.35. The summed E-state index contributed by atoms with van der Waals surface area (Å²) in [4.78, 5) is 9.03. The molecule has 0 aliphatic carbocycles. The number of hydrogen-bond donors (Lipinski definition) is 0. The maximum atomic E-state index is 5.62. The summed E-state index contributed by atoms with van der Waals surface area (Å²) < 4.78 is 6.82. The Hall–Kier alpha value is -2.72. The van der Waals surface area contributed by atoms with Crippen molar-refractivity contribution in [3.05, 3.63) is 65.8 Å². The Morgan fingerprint density at radius 3 is 2.92 bits per heavy atom. The first-order chi connectivity index (χ1) is 11.9. The van der Waals surface area contributed by atoms with E-state index in [-0.39, 0.29) is 0 Å². The predicted octanol–water partition coefficient (Wildman–Crippen LogP) is 4.96. The second-order valence-electron chi connectivity index (χ2n) is 5.86. The number of pyridine rings is 1. The molecule has 4 heteroatoms. The van der Waals surface area contributed by atoms with Gasteiger partial charge in [-0.15, -0.1) is 11.3 Å². The number of thiazole rings is 1. The van der Waals surface area contributed by atoms with Crippen LogP contribution in [0.4, 0.5) is 0 Å². The van der Waals surface area contributed by atoms with Crippen molar-refractivity contribution >= 4 is 21.6 Å². The molecule has 0 fully saturated rings. The highest BCUT2D eigenvalue weighted by molar-refractivity contribution is 7.16. The van der Waals surface area contributed by atoms with Crippen molar-refractivity contribution < 1.29 is 4.74 Å². The Balaban J connectivity index is 1.67. The van der Waals surface area contributed by atoms with Gasteiger partial charge >= 0.3 is 0 Å². The van der Waals surface area contributed by atoms with Gasteiger partial charge < -0.3 is 4.74 Å². The van der Waals surface area contributed by atoms with Gasteiger partial charge in [-0.05, 0) is 47.5 Å². The van der Waals surface area contributed by atoms with Gasteiger partial charge in [-0.3, -0.25) is 4.98 Å². The molecule has 0 spiro atoms. The topological polar surface area (TPSA) is 35.0 Å². The summed E-state index contributed by atoms with van der Waals surface area (Å²) in [6.45, 7) is 0.774. The van der Waals surface area contributed by atoms with E-state index in [4.69, 9.17) is 4.74 Å². The maximum absolute atomic E-state index is 5.62. The number of ether oxygens (including phenoxy) is 1. The molecule has 0 amide bonds. The number of aromatic nitrogens is 2. The fourth-order valence-corrected chi connectivity index (χ4v) is 3.94. The van der Waals surface area contributed by atoms with Crippen LogP contribution in [0.15, 0.2) is 60.2 Å². The summed E-state index contributed by atoms with van der Waals surface area (Å²) in [5.74, 6) is 1.00. The quantitative estimate of drug-likeness (QED) is 0.521. The summed E-state index contributed by atoms with van der Waals surface area (Å²) in [7, 11) is 0. The van der Waals surface area contributed by atoms with Gasteiger partial charge in [0.25, 0.3) is 0 Å². The van der Waals surface area contributed by atoms with Crippen molar-refractivity contribution in [2.45, 2.75) is 6.42 Å². The van der Waals surface area contributed by atoms with Crippen molar-refractivity contribution in [1.29, 1.82) is 0 Å². The van der Waals surface area contributed by atoms with Crippen LogP contribution in [0.5, 0.6) is 5.75 Å². The van der Waals surface area contributed by atoms with Crippen molar-refractivity contribution in [2.75, 3.05) is 6.61 Å². The zero-order valence-electron chi connectivity index (χ0n) is 12.9. The lowest BCUT2D eigenvalue weighted by Gasteiger charge is -2.10. The number of hydrogen-bond acceptors (Lipinski definition) is 4. The molecule has 2 aromatic heterocycles. The second kappa shape index (κ2) is 5.42. The maximum Gasteiger partial charge on any atom is 0.122 e. The first-order valence-electron chi connectivity index (χ1n) is 7.93. The average Bonchev–Trinajstić information content (AvgIpc) is 3.29. The molecule has 1 aliphatic rings. The predicted molar refractivity (Wildman–Crippen MR) is 97.5 cm³/mol. The molecule has 0 N–H and O–H groups in total. The van der Waals surface area contributed by atoms with Crippen LogP contribution >= 0.6 is 11.3 Å². The Labute approximate surface area is 143 Å². The molecule has 2 aromatic carbocycles. The van der Waals surface area contributed by atoms with Crippen molar-refractivity contribution in [1.82, 2.24) is 9.97 Å². The molecule has 0 radical (unpaired) electrons. The van der Waals surface area contributed by atoms with Crippen molar-refractivity contribution in [3.8, 4) is 28.1 Å². The highest BCUT2D eigenvalue weighted by Gasteiger charge is 2.15. The van der Waals surface area contributed by atoms with Gasteiger partial charge in [0.15, 0.2) is 0 Å². The molecule has 0 bridgehead atoms. The van der Waals surface area contributed by atoms with E-state index in [2.05, 4.69) is 52.4 Å². The van der Waals surface area contributed by atoms with Crippen molar-refractivity contribution in [2.24, 2.45) is 0 Å². The van der Waals surface area contributed by atoms with E-state index >= 15 is 0 Å². The van der Waals surface area contributed by atoms with Gasteiger partial charge in [0.05, 0.1) is 28.0 Å². The fourth-order valence-electron chi connectivity index (χ4n) is 3.22. The minimum absolute atomic E-state index is 0.774. The van der Waals surface area contributed by atoms with Crippen LogP contribution < -0.4 is 4.74 Å². The van der Waals surface area contributed by atoms with E-state index in [9.17, 15) is 0 Å². The van der Waals surface area contributed by atoms with Gasteiger partial charge in [-0.2, -0.15) is 0 Å². The molecule has 24 heavy (non-hydrogen) atoms. The lowest BCUT2D eigenvalue weighted by molar-refractivity contribution is 0.357. The van der Waals surface area contributed by atoms with E-state index in [0.29, 0.717) is 0 Å². The summed E-state index contributed by atoms with van der Waals surface area (Å²) in [6, 6.07) is 16.9. The zero-order valence-corrected chi connectivity index (χ0v) is 13.7. The molecule has 0 saturated carbocycles. The number of rotatable bonds is 2. The second-order valence-corrected chi connectivity index (χ2v) is 6.74. The smallest absolute Gasteiger partial charge is 0.122 e. The van der Waals surface area contributed by atoms with E-state index in [1.165, 1.54) is 15.8 Å². The lowest BCUT2D eigenvalue weighted by atomic mass is 9.97. The molecule has 1 aliphatic heterocycles. The Bertz CT molecular complexity index is 1050. The Kier molecular flexibility index (Phi) is 3.10. The number of benzene rings is 2. The fraction of sp³-hybridized carbons (Fsp3) is 0.100. The minimum Gasteiger partial charge on any atom is -0.493 e.